The van der Waals surface area contributed by atoms with Crippen LogP contribution in [0.2, 0.25) is 0 Å². The second kappa shape index (κ2) is 5.81. The number of nitrogens with zero attached hydrogens (tertiary/aromatic N) is 1. The van der Waals surface area contributed by atoms with E-state index in [0.717, 1.165) is 22.4 Å². The van der Waals surface area contributed by atoms with Gasteiger partial charge in [0.25, 0.3) is 0 Å². The number of hydrogen-bond donors (Lipinski definition) is 3. The van der Waals surface area contributed by atoms with Gasteiger partial charge in [0.15, 0.2) is 0 Å². The largest absolute Gasteiger partial charge is 0.508 e. The van der Waals surface area contributed by atoms with Gasteiger partial charge >= 0.3 is 0 Å². The van der Waals surface area contributed by atoms with Gasteiger partial charge in [-0.05, 0) is 23.3 Å². The van der Waals surface area contributed by atoms with E-state index in [0.29, 0.717) is 6.42 Å². The minimum atomic E-state index is -0.650. The summed E-state index contributed by atoms with van der Waals surface area (Å²) in [5.41, 5.74) is 3.56. The van der Waals surface area contributed by atoms with E-state index >= 15 is 0 Å². The van der Waals surface area contributed by atoms with Crippen molar-refractivity contribution < 1.29 is 10.2 Å². The average molecular weight is 280 g/mol. The zero-order chi connectivity index (χ0) is 14.7. The van der Waals surface area contributed by atoms with Crippen LogP contribution in [0.3, 0.4) is 0 Å². The lowest BCUT2D eigenvalue weighted by atomic mass is 9.99. The Morgan fingerprint density at radius 2 is 1.71 bits per heavy atom. The molecule has 0 aliphatic heterocycles. The van der Waals surface area contributed by atoms with Crippen molar-refractivity contribution in [3.63, 3.8) is 0 Å². The first-order valence-corrected chi connectivity index (χ1v) is 6.78. The maximum Gasteiger partial charge on any atom is 0.115 e. The molecule has 3 rings (SSSR count). The summed E-state index contributed by atoms with van der Waals surface area (Å²) in [6, 6.07) is 16.7. The van der Waals surface area contributed by atoms with Gasteiger partial charge in [-0.1, -0.05) is 42.5 Å². The highest BCUT2D eigenvalue weighted by Crippen LogP contribution is 2.28. The first kappa shape index (κ1) is 13.4. The minimum Gasteiger partial charge on any atom is -0.508 e. The van der Waals surface area contributed by atoms with Crippen LogP contribution in [0.4, 0.5) is 0 Å². The molecule has 0 aliphatic rings. The van der Waals surface area contributed by atoms with Crippen molar-refractivity contribution >= 4 is 0 Å². The van der Waals surface area contributed by atoms with Crippen molar-refractivity contribution in [3.05, 3.63) is 71.9 Å². The quantitative estimate of drug-likeness (QED) is 0.688. The fourth-order valence-corrected chi connectivity index (χ4v) is 2.35. The van der Waals surface area contributed by atoms with E-state index in [1.54, 1.807) is 30.5 Å². The molecule has 2 aromatic carbocycles. The van der Waals surface area contributed by atoms with Gasteiger partial charge in [-0.2, -0.15) is 5.10 Å². The molecule has 1 atom stereocenters. The minimum absolute atomic E-state index is 0.224. The highest BCUT2D eigenvalue weighted by atomic mass is 16.3. The van der Waals surface area contributed by atoms with E-state index in [1.165, 1.54) is 0 Å². The SMILES string of the molecule is Oc1ccc(CC(O)c2cn[nH]c2-c2ccccc2)cc1. The van der Waals surface area contributed by atoms with Gasteiger partial charge in [0.2, 0.25) is 0 Å². The molecule has 4 heteroatoms. The molecule has 21 heavy (non-hydrogen) atoms. The number of aromatic nitrogens is 2. The summed E-state index contributed by atoms with van der Waals surface area (Å²) in [6.45, 7) is 0. The van der Waals surface area contributed by atoms with Crippen molar-refractivity contribution in [3.8, 4) is 17.0 Å². The third-order valence-corrected chi connectivity index (χ3v) is 3.46. The molecule has 3 N–H and O–H groups in total. The average Bonchev–Trinajstić information content (AvgIpc) is 3.00. The number of H-pyrrole nitrogens is 1. The number of rotatable bonds is 4. The van der Waals surface area contributed by atoms with Gasteiger partial charge in [0, 0.05) is 12.0 Å². The number of aromatic hydroxyl groups is 1. The van der Waals surface area contributed by atoms with E-state index in [4.69, 9.17) is 0 Å². The first-order valence-electron chi connectivity index (χ1n) is 6.78. The maximum absolute atomic E-state index is 10.5. The Morgan fingerprint density at radius 1 is 1.00 bits per heavy atom. The Kier molecular flexibility index (Phi) is 3.71. The number of aliphatic hydroxyl groups excluding tert-OH is 1. The van der Waals surface area contributed by atoms with Crippen LogP contribution < -0.4 is 0 Å². The molecule has 1 unspecified atom stereocenters. The number of phenols is 1. The molecule has 0 radical (unpaired) electrons. The normalized spacial score (nSPS) is 12.2. The molecule has 0 saturated carbocycles. The van der Waals surface area contributed by atoms with Crippen molar-refractivity contribution in [2.24, 2.45) is 0 Å². The second-order valence-electron chi connectivity index (χ2n) is 4.95. The summed E-state index contributed by atoms with van der Waals surface area (Å²) in [4.78, 5) is 0. The molecule has 1 heterocycles. The number of aromatic amines is 1. The number of nitrogens with one attached hydrogen (secondary N) is 1. The summed E-state index contributed by atoms with van der Waals surface area (Å²) in [7, 11) is 0. The van der Waals surface area contributed by atoms with Crippen LogP contribution in [0.25, 0.3) is 11.3 Å². The molecule has 0 fully saturated rings. The molecule has 1 aromatic heterocycles. The topological polar surface area (TPSA) is 69.1 Å². The summed E-state index contributed by atoms with van der Waals surface area (Å²) in [5, 5.41) is 26.7. The Hall–Kier alpha value is -2.59. The molecule has 0 aliphatic carbocycles. The number of hydrogen-bond acceptors (Lipinski definition) is 3. The number of phenolic OH excluding ortho intramolecular Hbond substituents is 1. The standard InChI is InChI=1S/C17H16N2O2/c20-14-8-6-12(7-9-14)10-16(21)15-11-18-19-17(15)13-4-2-1-3-5-13/h1-9,11,16,20-21H,10H2,(H,18,19). The van der Waals surface area contributed by atoms with Crippen LogP contribution >= 0.6 is 0 Å². The lowest BCUT2D eigenvalue weighted by Gasteiger charge is -2.11. The Balaban J connectivity index is 1.84. The maximum atomic E-state index is 10.5. The molecule has 0 saturated heterocycles. The van der Waals surface area contributed by atoms with E-state index in [1.807, 2.05) is 30.3 Å². The number of benzene rings is 2. The van der Waals surface area contributed by atoms with Gasteiger partial charge in [-0.15, -0.1) is 0 Å². The van der Waals surface area contributed by atoms with Crippen LogP contribution in [0.5, 0.6) is 5.75 Å². The lowest BCUT2D eigenvalue weighted by Crippen LogP contribution is -2.02. The van der Waals surface area contributed by atoms with Crippen molar-refractivity contribution in [2.75, 3.05) is 0 Å². The molecule has 0 amide bonds. The van der Waals surface area contributed by atoms with Gasteiger partial charge in [0.1, 0.15) is 5.75 Å². The summed E-state index contributed by atoms with van der Waals surface area (Å²) in [6.07, 6.45) is 1.48. The summed E-state index contributed by atoms with van der Waals surface area (Å²) >= 11 is 0. The van der Waals surface area contributed by atoms with Crippen LogP contribution in [-0.4, -0.2) is 20.4 Å². The zero-order valence-electron chi connectivity index (χ0n) is 11.4. The van der Waals surface area contributed by atoms with Crippen LogP contribution in [0, 0.1) is 0 Å². The fourth-order valence-electron chi connectivity index (χ4n) is 2.35. The fraction of sp³-hybridized carbons (Fsp3) is 0.118. The van der Waals surface area contributed by atoms with E-state index in [2.05, 4.69) is 10.2 Å². The van der Waals surface area contributed by atoms with Crippen LogP contribution in [0.15, 0.2) is 60.8 Å². The van der Waals surface area contributed by atoms with Gasteiger partial charge in [0.05, 0.1) is 18.0 Å². The van der Waals surface area contributed by atoms with E-state index in [-0.39, 0.29) is 5.75 Å². The summed E-state index contributed by atoms with van der Waals surface area (Å²) < 4.78 is 0. The molecule has 0 bridgehead atoms. The highest BCUT2D eigenvalue weighted by Gasteiger charge is 2.16. The Labute approximate surface area is 122 Å². The predicted octanol–water partition coefficient (Wildman–Crippen LogP) is 3.06. The molecule has 4 nitrogen and oxygen atoms in total. The molecule has 106 valence electrons. The zero-order valence-corrected chi connectivity index (χ0v) is 11.4. The first-order chi connectivity index (χ1) is 10.2. The monoisotopic (exact) mass is 280 g/mol. The second-order valence-corrected chi connectivity index (χ2v) is 4.95. The Bertz CT molecular complexity index is 705. The van der Waals surface area contributed by atoms with Crippen LogP contribution in [-0.2, 0) is 6.42 Å². The molecule has 0 spiro atoms. The highest BCUT2D eigenvalue weighted by molar-refractivity contribution is 5.63. The van der Waals surface area contributed by atoms with Crippen molar-refractivity contribution in [1.82, 2.24) is 10.2 Å². The predicted molar refractivity (Wildman–Crippen MR) is 80.8 cm³/mol. The van der Waals surface area contributed by atoms with E-state index in [9.17, 15) is 10.2 Å². The van der Waals surface area contributed by atoms with Crippen LogP contribution in [0.1, 0.15) is 17.2 Å². The van der Waals surface area contributed by atoms with Crippen molar-refractivity contribution in [2.45, 2.75) is 12.5 Å². The molecular weight excluding hydrogens is 264 g/mol. The van der Waals surface area contributed by atoms with E-state index < -0.39 is 6.10 Å². The Morgan fingerprint density at radius 3 is 2.43 bits per heavy atom. The number of aliphatic hydroxyl groups is 1. The third-order valence-electron chi connectivity index (χ3n) is 3.46. The third kappa shape index (κ3) is 2.95. The summed E-state index contributed by atoms with van der Waals surface area (Å²) in [5.74, 6) is 0.224. The molecule has 3 aromatic rings. The van der Waals surface area contributed by atoms with Gasteiger partial charge in [-0.25, -0.2) is 0 Å². The van der Waals surface area contributed by atoms with Gasteiger partial charge in [-0.3, -0.25) is 5.10 Å². The lowest BCUT2D eigenvalue weighted by molar-refractivity contribution is 0.179. The molecular formula is C17H16N2O2. The van der Waals surface area contributed by atoms with Gasteiger partial charge < -0.3 is 10.2 Å². The smallest absolute Gasteiger partial charge is 0.115 e. The van der Waals surface area contributed by atoms with Crippen molar-refractivity contribution in [1.29, 1.82) is 0 Å².